The zero-order chi connectivity index (χ0) is 16.2. The van der Waals surface area contributed by atoms with E-state index < -0.39 is 0 Å². The molecule has 0 fully saturated rings. The minimum absolute atomic E-state index is 0.204. The van der Waals surface area contributed by atoms with Gasteiger partial charge in [-0.1, -0.05) is 36.4 Å². The Hall–Kier alpha value is -2.66. The van der Waals surface area contributed by atoms with E-state index in [1.165, 1.54) is 11.3 Å². The SMILES string of the molecule is Cc1cc(NC(=O)c2cccs2)c(=O)n(Cc2ccccc2)c1. The summed E-state index contributed by atoms with van der Waals surface area (Å²) in [5, 5.41) is 4.55. The van der Waals surface area contributed by atoms with Crippen molar-refractivity contribution in [2.45, 2.75) is 13.5 Å². The van der Waals surface area contributed by atoms with E-state index in [-0.39, 0.29) is 11.5 Å². The molecular formula is C18H16N2O2S. The van der Waals surface area contributed by atoms with Gasteiger partial charge in [0.15, 0.2) is 0 Å². The fourth-order valence-electron chi connectivity index (χ4n) is 2.36. The molecule has 5 heteroatoms. The van der Waals surface area contributed by atoms with Crippen molar-refractivity contribution in [3.05, 3.63) is 86.5 Å². The number of carbonyl (C=O) groups is 1. The van der Waals surface area contributed by atoms with Gasteiger partial charge in [0.25, 0.3) is 11.5 Å². The molecule has 0 spiro atoms. The van der Waals surface area contributed by atoms with Gasteiger partial charge in [-0.25, -0.2) is 0 Å². The summed E-state index contributed by atoms with van der Waals surface area (Å²) >= 11 is 1.35. The molecule has 1 aromatic carbocycles. The van der Waals surface area contributed by atoms with Crippen LogP contribution in [0.2, 0.25) is 0 Å². The molecule has 0 radical (unpaired) electrons. The summed E-state index contributed by atoms with van der Waals surface area (Å²) < 4.78 is 1.62. The van der Waals surface area contributed by atoms with Gasteiger partial charge < -0.3 is 9.88 Å². The lowest BCUT2D eigenvalue weighted by Gasteiger charge is -2.11. The number of nitrogens with one attached hydrogen (secondary N) is 1. The molecule has 3 aromatic rings. The first kappa shape index (κ1) is 15.2. The zero-order valence-electron chi connectivity index (χ0n) is 12.7. The van der Waals surface area contributed by atoms with Crippen LogP contribution in [0.15, 0.2) is 64.9 Å². The standard InChI is InChI=1S/C18H16N2O2S/c1-13-10-15(19-17(21)16-8-5-9-23-16)18(22)20(11-13)12-14-6-3-2-4-7-14/h2-11H,12H2,1H3,(H,19,21). The number of aryl methyl sites for hydroxylation is 1. The fourth-order valence-corrected chi connectivity index (χ4v) is 2.98. The van der Waals surface area contributed by atoms with E-state index in [2.05, 4.69) is 5.32 Å². The molecule has 1 N–H and O–H groups in total. The van der Waals surface area contributed by atoms with Gasteiger partial charge in [-0.3, -0.25) is 9.59 Å². The van der Waals surface area contributed by atoms with Crippen molar-refractivity contribution in [3.8, 4) is 0 Å². The van der Waals surface area contributed by atoms with E-state index in [1.807, 2.05) is 48.7 Å². The Kier molecular flexibility index (Phi) is 4.39. The molecule has 0 saturated carbocycles. The monoisotopic (exact) mass is 324 g/mol. The van der Waals surface area contributed by atoms with Crippen LogP contribution in [0.25, 0.3) is 0 Å². The summed E-state index contributed by atoms with van der Waals surface area (Å²) in [5.74, 6) is -0.256. The van der Waals surface area contributed by atoms with Crippen LogP contribution in [0.1, 0.15) is 20.8 Å². The Morgan fingerprint density at radius 1 is 1.17 bits per heavy atom. The maximum atomic E-state index is 12.6. The molecule has 0 atom stereocenters. The van der Waals surface area contributed by atoms with Crippen LogP contribution in [0, 0.1) is 6.92 Å². The minimum atomic E-state index is -0.256. The van der Waals surface area contributed by atoms with Crippen molar-refractivity contribution >= 4 is 22.9 Å². The maximum absolute atomic E-state index is 12.6. The fraction of sp³-hybridized carbons (Fsp3) is 0.111. The van der Waals surface area contributed by atoms with Crippen molar-refractivity contribution in [1.82, 2.24) is 4.57 Å². The summed E-state index contributed by atoms with van der Waals surface area (Å²) in [5.41, 5.74) is 2.06. The Labute approximate surface area is 138 Å². The van der Waals surface area contributed by atoms with Crippen LogP contribution in [0.5, 0.6) is 0 Å². The second-order valence-electron chi connectivity index (χ2n) is 5.28. The van der Waals surface area contributed by atoms with Gasteiger partial charge in [0.2, 0.25) is 0 Å². The lowest BCUT2D eigenvalue weighted by atomic mass is 10.2. The summed E-state index contributed by atoms with van der Waals surface area (Å²) in [6.07, 6.45) is 1.80. The Morgan fingerprint density at radius 3 is 2.65 bits per heavy atom. The Morgan fingerprint density at radius 2 is 1.96 bits per heavy atom. The number of carbonyl (C=O) groups excluding carboxylic acids is 1. The van der Waals surface area contributed by atoms with Crippen molar-refractivity contribution in [3.63, 3.8) is 0 Å². The van der Waals surface area contributed by atoms with Gasteiger partial charge >= 0.3 is 0 Å². The molecule has 1 amide bonds. The van der Waals surface area contributed by atoms with Crippen LogP contribution < -0.4 is 10.9 Å². The van der Waals surface area contributed by atoms with Crippen LogP contribution >= 0.6 is 11.3 Å². The highest BCUT2D eigenvalue weighted by Crippen LogP contribution is 2.12. The minimum Gasteiger partial charge on any atom is -0.317 e. The van der Waals surface area contributed by atoms with Gasteiger partial charge in [-0.05, 0) is 35.6 Å². The van der Waals surface area contributed by atoms with Gasteiger partial charge in [0.1, 0.15) is 5.69 Å². The summed E-state index contributed by atoms with van der Waals surface area (Å²) in [4.78, 5) is 25.3. The summed E-state index contributed by atoms with van der Waals surface area (Å²) in [6, 6.07) is 15.0. The normalized spacial score (nSPS) is 10.5. The summed E-state index contributed by atoms with van der Waals surface area (Å²) in [6.45, 7) is 2.38. The smallest absolute Gasteiger partial charge is 0.274 e. The van der Waals surface area contributed by atoms with E-state index in [9.17, 15) is 9.59 Å². The largest absolute Gasteiger partial charge is 0.317 e. The number of thiophene rings is 1. The molecule has 4 nitrogen and oxygen atoms in total. The van der Waals surface area contributed by atoms with Gasteiger partial charge in [0, 0.05) is 6.20 Å². The summed E-state index contributed by atoms with van der Waals surface area (Å²) in [7, 11) is 0. The maximum Gasteiger partial charge on any atom is 0.274 e. The average Bonchev–Trinajstić information content (AvgIpc) is 3.07. The predicted molar refractivity (Wildman–Crippen MR) is 93.3 cm³/mol. The third-order valence-electron chi connectivity index (χ3n) is 3.41. The molecule has 3 rings (SSSR count). The second-order valence-corrected chi connectivity index (χ2v) is 6.23. The number of rotatable bonds is 4. The molecule has 0 saturated heterocycles. The molecule has 0 unspecified atom stereocenters. The number of aromatic nitrogens is 1. The first-order valence-electron chi connectivity index (χ1n) is 7.23. The lowest BCUT2D eigenvalue weighted by Crippen LogP contribution is -2.26. The first-order chi connectivity index (χ1) is 11.1. The predicted octanol–water partition coefficient (Wildman–Crippen LogP) is 3.52. The highest BCUT2D eigenvalue weighted by Gasteiger charge is 2.11. The van der Waals surface area contributed by atoms with Crippen molar-refractivity contribution < 1.29 is 4.79 Å². The van der Waals surface area contributed by atoms with E-state index in [1.54, 1.807) is 22.9 Å². The van der Waals surface area contributed by atoms with E-state index in [4.69, 9.17) is 0 Å². The first-order valence-corrected chi connectivity index (χ1v) is 8.11. The quantitative estimate of drug-likeness (QED) is 0.798. The number of pyridine rings is 1. The highest BCUT2D eigenvalue weighted by molar-refractivity contribution is 7.12. The van der Waals surface area contributed by atoms with Crippen molar-refractivity contribution in [2.75, 3.05) is 5.32 Å². The van der Waals surface area contributed by atoms with Crippen molar-refractivity contribution in [1.29, 1.82) is 0 Å². The third kappa shape index (κ3) is 3.57. The van der Waals surface area contributed by atoms with Crippen molar-refractivity contribution in [2.24, 2.45) is 0 Å². The molecular weight excluding hydrogens is 308 g/mol. The molecule has 116 valence electrons. The lowest BCUT2D eigenvalue weighted by molar-refractivity contribution is 0.103. The van der Waals surface area contributed by atoms with E-state index in [0.29, 0.717) is 17.1 Å². The number of hydrogen-bond donors (Lipinski definition) is 1. The zero-order valence-corrected chi connectivity index (χ0v) is 13.5. The van der Waals surface area contributed by atoms with Gasteiger partial charge in [0.05, 0.1) is 11.4 Å². The molecule has 0 aliphatic carbocycles. The topological polar surface area (TPSA) is 51.1 Å². The number of benzene rings is 1. The number of hydrogen-bond acceptors (Lipinski definition) is 3. The Bertz CT molecular complexity index is 868. The van der Waals surface area contributed by atoms with E-state index in [0.717, 1.165) is 11.1 Å². The molecule has 0 aliphatic heterocycles. The van der Waals surface area contributed by atoms with Crippen LogP contribution in [-0.2, 0) is 6.54 Å². The molecule has 23 heavy (non-hydrogen) atoms. The van der Waals surface area contributed by atoms with Crippen LogP contribution in [-0.4, -0.2) is 10.5 Å². The number of anilines is 1. The molecule has 0 aliphatic rings. The highest BCUT2D eigenvalue weighted by atomic mass is 32.1. The van der Waals surface area contributed by atoms with E-state index >= 15 is 0 Å². The number of nitrogens with zero attached hydrogens (tertiary/aromatic N) is 1. The molecule has 2 aromatic heterocycles. The Balaban J connectivity index is 1.90. The van der Waals surface area contributed by atoms with Crippen LogP contribution in [0.3, 0.4) is 0 Å². The third-order valence-corrected chi connectivity index (χ3v) is 4.28. The van der Waals surface area contributed by atoms with Crippen LogP contribution in [0.4, 0.5) is 5.69 Å². The average molecular weight is 324 g/mol. The molecule has 0 bridgehead atoms. The second kappa shape index (κ2) is 6.62. The van der Waals surface area contributed by atoms with Gasteiger partial charge in [-0.2, -0.15) is 0 Å². The van der Waals surface area contributed by atoms with Gasteiger partial charge in [-0.15, -0.1) is 11.3 Å². The molecule has 2 heterocycles. The number of amides is 1.